The van der Waals surface area contributed by atoms with Crippen LogP contribution in [0.15, 0.2) is 29.4 Å². The maximum atomic E-state index is 12.6. The molecule has 1 aromatic heterocycles. The van der Waals surface area contributed by atoms with Crippen molar-refractivity contribution >= 4 is 17.7 Å². The Bertz CT molecular complexity index is 762. The molecule has 1 saturated heterocycles. The lowest BCUT2D eigenvalue weighted by atomic mass is 10.0. The summed E-state index contributed by atoms with van der Waals surface area (Å²) in [5.74, 6) is 8.01. The quantitative estimate of drug-likeness (QED) is 0.579. The van der Waals surface area contributed by atoms with Crippen molar-refractivity contribution in [2.75, 3.05) is 24.7 Å². The molecule has 1 aromatic carbocycles. The molecule has 2 N–H and O–H groups in total. The molecule has 1 amide bonds. The molecule has 27 heavy (non-hydrogen) atoms. The lowest BCUT2D eigenvalue weighted by Gasteiger charge is -2.35. The van der Waals surface area contributed by atoms with E-state index in [2.05, 4.69) is 17.1 Å². The fourth-order valence-electron chi connectivity index (χ4n) is 3.40. The highest BCUT2D eigenvalue weighted by molar-refractivity contribution is 7.99. The van der Waals surface area contributed by atoms with Crippen LogP contribution >= 0.6 is 11.8 Å². The van der Waals surface area contributed by atoms with Gasteiger partial charge in [0.1, 0.15) is 5.75 Å². The van der Waals surface area contributed by atoms with Crippen LogP contribution in [-0.4, -0.2) is 50.6 Å². The SMILES string of the molecule is CCOc1ccc(-c2nnc(SCC(=O)N3CCCC[C@@H]3CC)n2N)cc1. The second-order valence-corrected chi connectivity index (χ2v) is 7.51. The maximum absolute atomic E-state index is 12.6. The van der Waals surface area contributed by atoms with Gasteiger partial charge < -0.3 is 15.5 Å². The molecule has 1 aliphatic heterocycles. The number of thioether (sulfide) groups is 1. The van der Waals surface area contributed by atoms with Crippen LogP contribution in [0.5, 0.6) is 5.75 Å². The molecule has 0 spiro atoms. The topological polar surface area (TPSA) is 86.3 Å². The largest absolute Gasteiger partial charge is 0.494 e. The molecule has 0 saturated carbocycles. The van der Waals surface area contributed by atoms with Gasteiger partial charge in [-0.05, 0) is 56.9 Å². The van der Waals surface area contributed by atoms with Crippen LogP contribution in [0, 0.1) is 0 Å². The van der Waals surface area contributed by atoms with E-state index in [4.69, 9.17) is 10.6 Å². The van der Waals surface area contributed by atoms with Crippen molar-refractivity contribution in [3.05, 3.63) is 24.3 Å². The molecule has 0 aliphatic carbocycles. The summed E-state index contributed by atoms with van der Waals surface area (Å²) in [7, 11) is 0. The van der Waals surface area contributed by atoms with E-state index in [9.17, 15) is 4.79 Å². The van der Waals surface area contributed by atoms with Gasteiger partial charge in [0, 0.05) is 18.2 Å². The third kappa shape index (κ3) is 4.55. The number of nitrogen functional groups attached to an aromatic ring is 1. The monoisotopic (exact) mass is 389 g/mol. The van der Waals surface area contributed by atoms with Crippen molar-refractivity contribution < 1.29 is 9.53 Å². The number of benzene rings is 1. The molecular formula is C19H27N5O2S. The van der Waals surface area contributed by atoms with E-state index < -0.39 is 0 Å². The highest BCUT2D eigenvalue weighted by atomic mass is 32.2. The molecule has 0 unspecified atom stereocenters. The highest BCUT2D eigenvalue weighted by Crippen LogP contribution is 2.25. The van der Waals surface area contributed by atoms with E-state index in [-0.39, 0.29) is 5.91 Å². The number of nitrogens with two attached hydrogens (primary N) is 1. The number of piperidine rings is 1. The first-order valence-corrected chi connectivity index (χ1v) is 10.5. The molecule has 0 radical (unpaired) electrons. The van der Waals surface area contributed by atoms with Crippen LogP contribution < -0.4 is 10.6 Å². The zero-order valence-electron chi connectivity index (χ0n) is 15.9. The lowest BCUT2D eigenvalue weighted by Crippen LogP contribution is -2.44. The number of ether oxygens (including phenoxy) is 1. The zero-order valence-corrected chi connectivity index (χ0v) is 16.7. The Hall–Kier alpha value is -2.22. The Kier molecular flexibility index (Phi) is 6.60. The highest BCUT2D eigenvalue weighted by Gasteiger charge is 2.25. The fraction of sp³-hybridized carbons (Fsp3) is 0.526. The van der Waals surface area contributed by atoms with E-state index >= 15 is 0 Å². The molecule has 2 heterocycles. The van der Waals surface area contributed by atoms with E-state index in [0.29, 0.717) is 29.4 Å². The number of aromatic nitrogens is 3. The van der Waals surface area contributed by atoms with Crippen LogP contribution in [0.25, 0.3) is 11.4 Å². The molecule has 0 bridgehead atoms. The van der Waals surface area contributed by atoms with Crippen LogP contribution in [0.4, 0.5) is 0 Å². The molecule has 1 aliphatic rings. The first-order valence-electron chi connectivity index (χ1n) is 9.50. The van der Waals surface area contributed by atoms with Crippen LogP contribution in [0.2, 0.25) is 0 Å². The molecule has 3 rings (SSSR count). The number of carbonyl (C=O) groups is 1. The Morgan fingerprint density at radius 2 is 2.04 bits per heavy atom. The van der Waals surface area contributed by atoms with Crippen molar-refractivity contribution in [3.63, 3.8) is 0 Å². The molecule has 146 valence electrons. The van der Waals surface area contributed by atoms with Crippen molar-refractivity contribution in [3.8, 4) is 17.1 Å². The zero-order chi connectivity index (χ0) is 19.2. The Balaban J connectivity index is 1.64. The maximum Gasteiger partial charge on any atom is 0.233 e. The summed E-state index contributed by atoms with van der Waals surface area (Å²) in [5, 5.41) is 8.88. The number of carbonyl (C=O) groups excluding carboxylic acids is 1. The van der Waals surface area contributed by atoms with Crippen molar-refractivity contribution in [1.82, 2.24) is 19.8 Å². The predicted molar refractivity (Wildman–Crippen MR) is 107 cm³/mol. The molecule has 2 aromatic rings. The van der Waals surface area contributed by atoms with Crippen LogP contribution in [-0.2, 0) is 4.79 Å². The Labute approximate surface area is 164 Å². The summed E-state index contributed by atoms with van der Waals surface area (Å²) in [6.07, 6.45) is 4.40. The minimum absolute atomic E-state index is 0.150. The van der Waals surface area contributed by atoms with E-state index in [1.807, 2.05) is 36.1 Å². The lowest BCUT2D eigenvalue weighted by molar-refractivity contribution is -0.132. The van der Waals surface area contributed by atoms with Gasteiger partial charge in [-0.25, -0.2) is 4.68 Å². The number of rotatable bonds is 7. The first kappa shape index (κ1) is 19.5. The molecule has 1 fully saturated rings. The summed E-state index contributed by atoms with van der Waals surface area (Å²) in [4.78, 5) is 14.6. The Morgan fingerprint density at radius 3 is 2.74 bits per heavy atom. The number of hydrogen-bond acceptors (Lipinski definition) is 6. The van der Waals surface area contributed by atoms with E-state index in [1.165, 1.54) is 22.9 Å². The van der Waals surface area contributed by atoms with Crippen LogP contribution in [0.1, 0.15) is 39.5 Å². The standard InChI is InChI=1S/C19H27N5O2S/c1-3-15-7-5-6-12-23(15)17(25)13-27-19-22-21-18(24(19)20)14-8-10-16(11-9-14)26-4-2/h8-11,15H,3-7,12-13,20H2,1-2H3/t15-/m0/s1. The molecule has 1 atom stereocenters. The molecule has 8 heteroatoms. The predicted octanol–water partition coefficient (Wildman–Crippen LogP) is 2.94. The van der Waals surface area contributed by atoms with Gasteiger partial charge in [0.05, 0.1) is 12.4 Å². The summed E-state index contributed by atoms with van der Waals surface area (Å²) in [5.41, 5.74) is 0.855. The number of amides is 1. The first-order chi connectivity index (χ1) is 13.1. The molecule has 7 nitrogen and oxygen atoms in total. The normalized spacial score (nSPS) is 17.1. The third-order valence-corrected chi connectivity index (χ3v) is 5.76. The van der Waals surface area contributed by atoms with Gasteiger partial charge in [0.2, 0.25) is 11.1 Å². The smallest absolute Gasteiger partial charge is 0.233 e. The minimum Gasteiger partial charge on any atom is -0.494 e. The van der Waals surface area contributed by atoms with E-state index in [1.54, 1.807) is 0 Å². The van der Waals surface area contributed by atoms with E-state index in [0.717, 1.165) is 37.1 Å². The second kappa shape index (κ2) is 9.12. The van der Waals surface area contributed by atoms with Crippen LogP contribution in [0.3, 0.4) is 0 Å². The van der Waals surface area contributed by atoms with Gasteiger partial charge in [-0.1, -0.05) is 18.7 Å². The summed E-state index contributed by atoms with van der Waals surface area (Å²) >= 11 is 1.34. The average molecular weight is 390 g/mol. The third-order valence-electron chi connectivity index (χ3n) is 4.83. The van der Waals surface area contributed by atoms with Crippen molar-refractivity contribution in [2.24, 2.45) is 0 Å². The van der Waals surface area contributed by atoms with Gasteiger partial charge in [-0.15, -0.1) is 10.2 Å². The average Bonchev–Trinajstić information content (AvgIpc) is 3.07. The van der Waals surface area contributed by atoms with Gasteiger partial charge in [-0.2, -0.15) is 0 Å². The minimum atomic E-state index is 0.150. The number of nitrogens with zero attached hydrogens (tertiary/aromatic N) is 4. The van der Waals surface area contributed by atoms with Gasteiger partial charge in [0.15, 0.2) is 5.82 Å². The summed E-state index contributed by atoms with van der Waals surface area (Å²) < 4.78 is 6.90. The number of hydrogen-bond donors (Lipinski definition) is 1. The second-order valence-electron chi connectivity index (χ2n) is 6.57. The summed E-state index contributed by atoms with van der Waals surface area (Å²) in [6.45, 7) is 5.56. The summed E-state index contributed by atoms with van der Waals surface area (Å²) in [6, 6.07) is 7.92. The Morgan fingerprint density at radius 1 is 1.26 bits per heavy atom. The van der Waals surface area contributed by atoms with Crippen molar-refractivity contribution in [2.45, 2.75) is 50.7 Å². The van der Waals surface area contributed by atoms with Crippen molar-refractivity contribution in [1.29, 1.82) is 0 Å². The molecular weight excluding hydrogens is 362 g/mol. The van der Waals surface area contributed by atoms with Gasteiger partial charge in [-0.3, -0.25) is 4.79 Å². The fourth-order valence-corrected chi connectivity index (χ4v) is 4.14. The van der Waals surface area contributed by atoms with Gasteiger partial charge >= 0.3 is 0 Å². The van der Waals surface area contributed by atoms with Gasteiger partial charge in [0.25, 0.3) is 0 Å². The number of likely N-dealkylation sites (tertiary alicyclic amines) is 1.